The van der Waals surface area contributed by atoms with E-state index in [0.717, 1.165) is 5.56 Å². The summed E-state index contributed by atoms with van der Waals surface area (Å²) in [5, 5.41) is 11.7. The van der Waals surface area contributed by atoms with Gasteiger partial charge in [-0.2, -0.15) is 0 Å². The van der Waals surface area contributed by atoms with Gasteiger partial charge in [0.1, 0.15) is 0 Å². The Morgan fingerprint density at radius 3 is 2.46 bits per heavy atom. The Kier molecular flexibility index (Phi) is 5.71. The summed E-state index contributed by atoms with van der Waals surface area (Å²) in [5.41, 5.74) is 2.54. The minimum absolute atomic E-state index is 0.320. The highest BCUT2D eigenvalue weighted by molar-refractivity contribution is 6.36. The maximum atomic E-state index is 12.4. The molecule has 0 aliphatic rings. The van der Waals surface area contributed by atoms with Gasteiger partial charge in [-0.3, -0.25) is 4.79 Å². The summed E-state index contributed by atoms with van der Waals surface area (Å²) >= 11 is 12.0. The topological polar surface area (TPSA) is 64.1 Å². The Balaban J connectivity index is 1.73. The van der Waals surface area contributed by atoms with Crippen LogP contribution in [0.3, 0.4) is 0 Å². The summed E-state index contributed by atoms with van der Waals surface area (Å²) < 4.78 is 5.28. The predicted molar refractivity (Wildman–Crippen MR) is 103 cm³/mol. The minimum atomic E-state index is -0.328. The average Bonchev–Trinajstić information content (AvgIpc) is 2.65. The van der Waals surface area contributed by atoms with Crippen LogP contribution in [0.25, 0.3) is 11.3 Å². The number of anilines is 1. The largest absolute Gasteiger partial charge is 0.477 e. The highest BCUT2D eigenvalue weighted by Crippen LogP contribution is 2.23. The van der Waals surface area contributed by atoms with Crippen molar-refractivity contribution in [2.45, 2.75) is 6.92 Å². The van der Waals surface area contributed by atoms with Crippen molar-refractivity contribution in [3.05, 3.63) is 70.2 Å². The fourth-order valence-corrected chi connectivity index (χ4v) is 2.67. The second-order valence-electron chi connectivity index (χ2n) is 5.35. The number of hydrogen-bond donors (Lipinski definition) is 1. The number of benzene rings is 2. The van der Waals surface area contributed by atoms with E-state index >= 15 is 0 Å². The Bertz CT molecular complexity index is 913. The number of carbonyl (C=O) groups excluding carboxylic acids is 1. The molecule has 1 N–H and O–H groups in total. The van der Waals surface area contributed by atoms with E-state index in [-0.39, 0.29) is 5.91 Å². The van der Waals surface area contributed by atoms with Crippen molar-refractivity contribution in [1.29, 1.82) is 0 Å². The predicted octanol–water partition coefficient (Wildman–Crippen LogP) is 5.10. The molecular formula is C19H15Cl2N3O2. The van der Waals surface area contributed by atoms with Crippen molar-refractivity contribution in [2.24, 2.45) is 0 Å². The van der Waals surface area contributed by atoms with Crippen molar-refractivity contribution in [1.82, 2.24) is 10.2 Å². The Morgan fingerprint density at radius 2 is 1.81 bits per heavy atom. The third kappa shape index (κ3) is 4.31. The lowest BCUT2D eigenvalue weighted by Crippen LogP contribution is -2.12. The average molecular weight is 388 g/mol. The van der Waals surface area contributed by atoms with E-state index in [1.54, 1.807) is 30.3 Å². The number of nitrogens with zero attached hydrogens (tertiary/aromatic N) is 2. The number of nitrogens with one attached hydrogen (secondary N) is 1. The van der Waals surface area contributed by atoms with E-state index < -0.39 is 0 Å². The number of amides is 1. The van der Waals surface area contributed by atoms with Gasteiger partial charge >= 0.3 is 0 Å². The summed E-state index contributed by atoms with van der Waals surface area (Å²) in [5.74, 6) is 0.157. The molecule has 3 rings (SSSR count). The first-order valence-corrected chi connectivity index (χ1v) is 8.66. The summed E-state index contributed by atoms with van der Waals surface area (Å²) in [6.45, 7) is 2.43. The normalized spacial score (nSPS) is 10.4. The molecule has 132 valence electrons. The lowest BCUT2D eigenvalue weighted by atomic mass is 10.1. The van der Waals surface area contributed by atoms with Crippen molar-refractivity contribution < 1.29 is 9.53 Å². The van der Waals surface area contributed by atoms with Crippen LogP contribution in [0.5, 0.6) is 5.88 Å². The zero-order valence-electron chi connectivity index (χ0n) is 13.9. The molecule has 0 saturated carbocycles. The number of halogens is 2. The van der Waals surface area contributed by atoms with E-state index in [0.29, 0.717) is 39.5 Å². The smallest absolute Gasteiger partial charge is 0.257 e. The van der Waals surface area contributed by atoms with Crippen LogP contribution in [0.2, 0.25) is 10.0 Å². The van der Waals surface area contributed by atoms with E-state index in [1.165, 1.54) is 6.07 Å². The van der Waals surface area contributed by atoms with Crippen molar-refractivity contribution >= 4 is 34.8 Å². The van der Waals surface area contributed by atoms with Crippen molar-refractivity contribution in [3.8, 4) is 17.1 Å². The van der Waals surface area contributed by atoms with Crippen LogP contribution in [0.1, 0.15) is 17.3 Å². The van der Waals surface area contributed by atoms with Gasteiger partial charge in [0, 0.05) is 22.3 Å². The second kappa shape index (κ2) is 8.17. The number of rotatable bonds is 5. The van der Waals surface area contributed by atoms with Gasteiger partial charge in [0.25, 0.3) is 5.91 Å². The van der Waals surface area contributed by atoms with Crippen LogP contribution in [0.15, 0.2) is 54.6 Å². The molecule has 0 atom stereocenters. The molecule has 0 aliphatic carbocycles. The van der Waals surface area contributed by atoms with Gasteiger partial charge in [0.15, 0.2) is 0 Å². The Hall–Kier alpha value is -2.63. The first-order valence-electron chi connectivity index (χ1n) is 7.90. The molecule has 0 fully saturated rings. The molecule has 1 aromatic heterocycles. The molecule has 0 aliphatic heterocycles. The van der Waals surface area contributed by atoms with Crippen LogP contribution < -0.4 is 10.1 Å². The third-order valence-corrected chi connectivity index (χ3v) is 4.11. The van der Waals surface area contributed by atoms with Gasteiger partial charge in [0.05, 0.1) is 22.9 Å². The van der Waals surface area contributed by atoms with Gasteiger partial charge < -0.3 is 10.1 Å². The van der Waals surface area contributed by atoms with Gasteiger partial charge in [-0.1, -0.05) is 35.3 Å². The fourth-order valence-electron chi connectivity index (χ4n) is 2.29. The molecule has 0 radical (unpaired) electrons. The van der Waals surface area contributed by atoms with E-state index in [4.69, 9.17) is 27.9 Å². The zero-order valence-corrected chi connectivity index (χ0v) is 15.4. The highest BCUT2D eigenvalue weighted by Gasteiger charge is 2.11. The molecule has 0 saturated heterocycles. The maximum Gasteiger partial charge on any atom is 0.257 e. The van der Waals surface area contributed by atoms with Crippen LogP contribution in [-0.4, -0.2) is 22.7 Å². The number of hydrogen-bond acceptors (Lipinski definition) is 4. The minimum Gasteiger partial charge on any atom is -0.477 e. The van der Waals surface area contributed by atoms with Gasteiger partial charge in [-0.05, 0) is 43.3 Å². The van der Waals surface area contributed by atoms with Crippen LogP contribution in [0, 0.1) is 0 Å². The lowest BCUT2D eigenvalue weighted by molar-refractivity contribution is 0.102. The second-order valence-corrected chi connectivity index (χ2v) is 6.19. The fraction of sp³-hybridized carbons (Fsp3) is 0.105. The summed E-state index contributed by atoms with van der Waals surface area (Å²) in [6.07, 6.45) is 0. The molecule has 26 heavy (non-hydrogen) atoms. The molecular weight excluding hydrogens is 373 g/mol. The number of ether oxygens (including phenoxy) is 1. The quantitative estimate of drug-likeness (QED) is 0.661. The van der Waals surface area contributed by atoms with Gasteiger partial charge in [-0.15, -0.1) is 10.2 Å². The summed E-state index contributed by atoms with van der Waals surface area (Å²) in [6, 6.07) is 15.6. The van der Waals surface area contributed by atoms with E-state index in [9.17, 15) is 4.79 Å². The first kappa shape index (κ1) is 18.2. The van der Waals surface area contributed by atoms with E-state index in [2.05, 4.69) is 15.5 Å². The SMILES string of the molecule is CCOc1ccc(-c2ccc(NC(=O)c3cc(Cl)ccc3Cl)cc2)nn1. The van der Waals surface area contributed by atoms with Gasteiger partial charge in [-0.25, -0.2) is 0 Å². The lowest BCUT2D eigenvalue weighted by Gasteiger charge is -2.08. The molecule has 0 unspecified atom stereocenters. The Morgan fingerprint density at radius 1 is 1.04 bits per heavy atom. The Labute approximate surface area is 160 Å². The van der Waals surface area contributed by atoms with Crippen molar-refractivity contribution in [2.75, 3.05) is 11.9 Å². The summed E-state index contributed by atoms with van der Waals surface area (Å²) in [7, 11) is 0. The monoisotopic (exact) mass is 387 g/mol. The molecule has 0 spiro atoms. The standard InChI is InChI=1S/C19H15Cl2N3O2/c1-2-26-18-10-9-17(23-24-18)12-3-6-14(7-4-12)22-19(25)15-11-13(20)5-8-16(15)21/h3-11H,2H2,1H3,(H,22,25). The van der Waals surface area contributed by atoms with Crippen LogP contribution >= 0.6 is 23.2 Å². The molecule has 7 heteroatoms. The van der Waals surface area contributed by atoms with Crippen LogP contribution in [0.4, 0.5) is 5.69 Å². The first-order chi connectivity index (χ1) is 12.6. The third-order valence-electron chi connectivity index (χ3n) is 3.54. The molecule has 5 nitrogen and oxygen atoms in total. The molecule has 1 heterocycles. The highest BCUT2D eigenvalue weighted by atomic mass is 35.5. The van der Waals surface area contributed by atoms with Crippen LogP contribution in [-0.2, 0) is 0 Å². The summed E-state index contributed by atoms with van der Waals surface area (Å²) in [4.78, 5) is 12.4. The van der Waals surface area contributed by atoms with E-state index in [1.807, 2.05) is 25.1 Å². The molecule has 0 bridgehead atoms. The number of carbonyl (C=O) groups is 1. The molecule has 1 amide bonds. The molecule has 3 aromatic rings. The van der Waals surface area contributed by atoms with Crippen molar-refractivity contribution in [3.63, 3.8) is 0 Å². The molecule has 2 aromatic carbocycles. The van der Waals surface area contributed by atoms with Gasteiger partial charge in [0.2, 0.25) is 5.88 Å². The zero-order chi connectivity index (χ0) is 18.5. The maximum absolute atomic E-state index is 12.4. The number of aromatic nitrogens is 2.